The van der Waals surface area contributed by atoms with E-state index in [0.717, 1.165) is 13.1 Å². The Balaban J connectivity index is 2.01. The summed E-state index contributed by atoms with van der Waals surface area (Å²) in [4.78, 5) is 13.5. The number of benzene rings is 1. The molecular weight excluding hydrogens is 174 g/mol. The van der Waals surface area contributed by atoms with Gasteiger partial charge in [0.1, 0.15) is 5.78 Å². The second-order valence-electron chi connectivity index (χ2n) is 3.81. The van der Waals surface area contributed by atoms with Crippen LogP contribution in [0.5, 0.6) is 0 Å². The number of carbonyl (C=O) groups excluding carboxylic acids is 1. The van der Waals surface area contributed by atoms with Crippen LogP contribution >= 0.6 is 0 Å². The topological polar surface area (TPSA) is 20.3 Å². The summed E-state index contributed by atoms with van der Waals surface area (Å²) in [5, 5.41) is 0. The van der Waals surface area contributed by atoms with Gasteiger partial charge in [-0.3, -0.25) is 9.69 Å². The van der Waals surface area contributed by atoms with E-state index in [-0.39, 0.29) is 0 Å². The van der Waals surface area contributed by atoms with E-state index in [4.69, 9.17) is 0 Å². The van der Waals surface area contributed by atoms with E-state index in [1.165, 1.54) is 11.1 Å². The van der Waals surface area contributed by atoms with Crippen LogP contribution in [0, 0.1) is 0 Å². The van der Waals surface area contributed by atoms with Crippen LogP contribution in [-0.4, -0.2) is 17.2 Å². The molecule has 74 valence electrons. The van der Waals surface area contributed by atoms with Gasteiger partial charge in [0.05, 0.1) is 6.54 Å². The van der Waals surface area contributed by atoms with E-state index in [9.17, 15) is 4.79 Å². The lowest BCUT2D eigenvalue weighted by molar-refractivity contribution is -0.120. The van der Waals surface area contributed by atoms with E-state index in [1.807, 2.05) is 6.92 Å². The number of fused-ring (bicyclic) bond motifs is 1. The number of carbonyl (C=O) groups is 1. The summed E-state index contributed by atoms with van der Waals surface area (Å²) in [7, 11) is 0. The lowest BCUT2D eigenvalue weighted by Crippen LogP contribution is -2.24. The van der Waals surface area contributed by atoms with Crippen molar-refractivity contribution in [2.45, 2.75) is 26.4 Å². The van der Waals surface area contributed by atoms with Gasteiger partial charge >= 0.3 is 0 Å². The van der Waals surface area contributed by atoms with Gasteiger partial charge in [-0.1, -0.05) is 31.2 Å². The lowest BCUT2D eigenvalue weighted by atomic mass is 10.1. The molecule has 1 aliphatic heterocycles. The Morgan fingerprint density at radius 3 is 2.36 bits per heavy atom. The van der Waals surface area contributed by atoms with Crippen molar-refractivity contribution in [1.29, 1.82) is 0 Å². The zero-order chi connectivity index (χ0) is 9.97. The molecule has 0 atom stereocenters. The zero-order valence-corrected chi connectivity index (χ0v) is 8.49. The van der Waals surface area contributed by atoms with Crippen molar-refractivity contribution in [1.82, 2.24) is 4.90 Å². The molecule has 0 amide bonds. The largest absolute Gasteiger partial charge is 0.298 e. The zero-order valence-electron chi connectivity index (χ0n) is 8.49. The summed E-state index contributed by atoms with van der Waals surface area (Å²) in [5.74, 6) is 0.331. The molecule has 1 aliphatic rings. The standard InChI is InChI=1S/C12H15NO/c1-2-12(14)9-13-7-10-5-3-4-6-11(10)8-13/h3-6H,2,7-9H2,1H3. The minimum atomic E-state index is 0.331. The smallest absolute Gasteiger partial charge is 0.146 e. The Hall–Kier alpha value is -1.15. The lowest BCUT2D eigenvalue weighted by Gasteiger charge is -2.12. The SMILES string of the molecule is CCC(=O)CN1Cc2ccccc2C1. The average molecular weight is 189 g/mol. The second kappa shape index (κ2) is 3.93. The van der Waals surface area contributed by atoms with Gasteiger partial charge in [-0.05, 0) is 11.1 Å². The van der Waals surface area contributed by atoms with Crippen molar-refractivity contribution in [3.63, 3.8) is 0 Å². The molecule has 14 heavy (non-hydrogen) atoms. The van der Waals surface area contributed by atoms with Gasteiger partial charge < -0.3 is 0 Å². The molecule has 0 saturated carbocycles. The highest BCUT2D eigenvalue weighted by Crippen LogP contribution is 2.21. The maximum Gasteiger partial charge on any atom is 0.146 e. The van der Waals surface area contributed by atoms with Gasteiger partial charge in [0.2, 0.25) is 0 Å². The van der Waals surface area contributed by atoms with Gasteiger partial charge in [0.15, 0.2) is 0 Å². The van der Waals surface area contributed by atoms with E-state index in [0.29, 0.717) is 18.7 Å². The molecule has 1 aromatic rings. The summed E-state index contributed by atoms with van der Waals surface area (Å²) in [6, 6.07) is 8.41. The van der Waals surface area contributed by atoms with E-state index in [1.54, 1.807) is 0 Å². The third-order valence-electron chi connectivity index (χ3n) is 2.70. The van der Waals surface area contributed by atoms with E-state index < -0.39 is 0 Å². The molecule has 0 aromatic heterocycles. The maximum atomic E-state index is 11.3. The summed E-state index contributed by atoms with van der Waals surface area (Å²) in [6.45, 7) is 4.39. The van der Waals surface area contributed by atoms with E-state index >= 15 is 0 Å². The van der Waals surface area contributed by atoms with Crippen molar-refractivity contribution in [3.8, 4) is 0 Å². The molecule has 0 unspecified atom stereocenters. The number of rotatable bonds is 3. The average Bonchev–Trinajstić information content (AvgIpc) is 2.59. The number of nitrogens with zero attached hydrogens (tertiary/aromatic N) is 1. The minimum Gasteiger partial charge on any atom is -0.298 e. The highest BCUT2D eigenvalue weighted by atomic mass is 16.1. The molecule has 0 fully saturated rings. The van der Waals surface area contributed by atoms with Crippen LogP contribution in [0.25, 0.3) is 0 Å². The minimum absolute atomic E-state index is 0.331. The molecule has 1 heterocycles. The second-order valence-corrected chi connectivity index (χ2v) is 3.81. The Labute approximate surface area is 84.5 Å². The third kappa shape index (κ3) is 1.85. The number of Topliss-reactive ketones (excluding diaryl/α,β-unsaturated/α-hetero) is 1. The fourth-order valence-corrected chi connectivity index (χ4v) is 1.88. The van der Waals surface area contributed by atoms with Crippen LogP contribution < -0.4 is 0 Å². The summed E-state index contributed by atoms with van der Waals surface area (Å²) >= 11 is 0. The van der Waals surface area contributed by atoms with Crippen molar-refractivity contribution in [3.05, 3.63) is 35.4 Å². The number of hydrogen-bond acceptors (Lipinski definition) is 2. The quantitative estimate of drug-likeness (QED) is 0.724. The van der Waals surface area contributed by atoms with Gasteiger partial charge in [0, 0.05) is 19.5 Å². The Morgan fingerprint density at radius 1 is 1.29 bits per heavy atom. The van der Waals surface area contributed by atoms with Crippen LogP contribution in [0.2, 0.25) is 0 Å². The first-order valence-electron chi connectivity index (χ1n) is 5.10. The van der Waals surface area contributed by atoms with Gasteiger partial charge in [-0.25, -0.2) is 0 Å². The van der Waals surface area contributed by atoms with Gasteiger partial charge in [-0.2, -0.15) is 0 Å². The molecule has 0 aliphatic carbocycles. The Morgan fingerprint density at radius 2 is 1.86 bits per heavy atom. The molecule has 0 bridgehead atoms. The molecule has 0 radical (unpaired) electrons. The van der Waals surface area contributed by atoms with Crippen LogP contribution in [0.1, 0.15) is 24.5 Å². The molecule has 0 spiro atoms. The first-order valence-corrected chi connectivity index (χ1v) is 5.10. The van der Waals surface area contributed by atoms with Crippen LogP contribution in [0.3, 0.4) is 0 Å². The Bertz CT molecular complexity index is 321. The molecule has 2 nitrogen and oxygen atoms in total. The first-order chi connectivity index (χ1) is 6.79. The molecule has 2 heteroatoms. The van der Waals surface area contributed by atoms with Crippen molar-refractivity contribution < 1.29 is 4.79 Å². The summed E-state index contributed by atoms with van der Waals surface area (Å²) in [6.07, 6.45) is 0.646. The number of hydrogen-bond donors (Lipinski definition) is 0. The van der Waals surface area contributed by atoms with Crippen LogP contribution in [0.15, 0.2) is 24.3 Å². The van der Waals surface area contributed by atoms with Gasteiger partial charge in [-0.15, -0.1) is 0 Å². The third-order valence-corrected chi connectivity index (χ3v) is 2.70. The molecule has 2 rings (SSSR count). The van der Waals surface area contributed by atoms with Crippen LogP contribution in [-0.2, 0) is 17.9 Å². The number of ketones is 1. The van der Waals surface area contributed by atoms with Crippen molar-refractivity contribution in [2.75, 3.05) is 6.54 Å². The summed E-state index contributed by atoms with van der Waals surface area (Å²) < 4.78 is 0. The molecule has 0 N–H and O–H groups in total. The van der Waals surface area contributed by atoms with Crippen molar-refractivity contribution in [2.24, 2.45) is 0 Å². The molecular formula is C12H15NO. The predicted molar refractivity (Wildman–Crippen MR) is 55.9 cm³/mol. The predicted octanol–water partition coefficient (Wildman–Crippen LogP) is 1.98. The molecule has 0 saturated heterocycles. The highest BCUT2D eigenvalue weighted by Gasteiger charge is 2.19. The maximum absolute atomic E-state index is 11.3. The monoisotopic (exact) mass is 189 g/mol. The van der Waals surface area contributed by atoms with Crippen LogP contribution in [0.4, 0.5) is 0 Å². The fourth-order valence-electron chi connectivity index (χ4n) is 1.88. The first kappa shape index (κ1) is 9.41. The molecule has 1 aromatic carbocycles. The normalized spacial score (nSPS) is 15.5. The fraction of sp³-hybridized carbons (Fsp3) is 0.417. The Kier molecular flexibility index (Phi) is 2.64. The highest BCUT2D eigenvalue weighted by molar-refractivity contribution is 5.80. The summed E-state index contributed by atoms with van der Waals surface area (Å²) in [5.41, 5.74) is 2.74. The van der Waals surface area contributed by atoms with Gasteiger partial charge in [0.25, 0.3) is 0 Å². The van der Waals surface area contributed by atoms with E-state index in [2.05, 4.69) is 29.2 Å². The van der Waals surface area contributed by atoms with Crippen molar-refractivity contribution >= 4 is 5.78 Å².